The first-order valence-electron chi connectivity index (χ1n) is 4.67. The zero-order valence-corrected chi connectivity index (χ0v) is 9.67. The molecule has 3 nitrogen and oxygen atoms in total. The molecule has 1 heterocycles. The molecule has 1 atom stereocenters. The van der Waals surface area contributed by atoms with Crippen LogP contribution in [0.25, 0.3) is 0 Å². The molecule has 1 unspecified atom stereocenters. The Labute approximate surface area is 89.5 Å². The second-order valence-electron chi connectivity index (χ2n) is 3.68. The number of ether oxygens (including phenoxy) is 1. The first-order valence-corrected chi connectivity index (χ1v) is 5.04. The van der Waals surface area contributed by atoms with Crippen LogP contribution in [0.5, 0.6) is 5.88 Å². The van der Waals surface area contributed by atoms with Gasteiger partial charge in [-0.3, -0.25) is 0 Å². The fourth-order valence-electron chi connectivity index (χ4n) is 0.892. The van der Waals surface area contributed by atoms with Gasteiger partial charge in [0.25, 0.3) is 0 Å². The molecule has 1 aromatic heterocycles. The molecule has 0 aliphatic heterocycles. The normalized spacial score (nSPS) is 13.0. The summed E-state index contributed by atoms with van der Waals surface area (Å²) in [5.74, 6) is 0.993. The van der Waals surface area contributed by atoms with Crippen molar-refractivity contribution < 1.29 is 4.74 Å². The van der Waals surface area contributed by atoms with E-state index >= 15 is 0 Å². The van der Waals surface area contributed by atoms with Crippen molar-refractivity contribution in [2.45, 2.75) is 33.8 Å². The Bertz CT molecular complexity index is 295. The lowest BCUT2D eigenvalue weighted by Crippen LogP contribution is -2.19. The Kier molecular flexibility index (Phi) is 3.69. The fourth-order valence-corrected chi connectivity index (χ4v) is 1.11. The molecule has 0 aliphatic rings. The van der Waals surface area contributed by atoms with Crippen LogP contribution < -0.4 is 4.74 Å². The minimum Gasteiger partial charge on any atom is -0.474 e. The quantitative estimate of drug-likeness (QED) is 0.726. The molecule has 0 fully saturated rings. The highest BCUT2D eigenvalue weighted by atomic mass is 35.5. The maximum Gasteiger partial charge on any atom is 0.225 e. The SMILES string of the molecule is Cc1cc(OC(C)C(C)C)nc(Cl)n1. The van der Waals surface area contributed by atoms with E-state index in [2.05, 4.69) is 23.8 Å². The Morgan fingerprint density at radius 3 is 2.43 bits per heavy atom. The van der Waals surface area contributed by atoms with Crippen LogP contribution in [0.15, 0.2) is 6.07 Å². The Balaban J connectivity index is 2.76. The number of hydrogen-bond donors (Lipinski definition) is 0. The van der Waals surface area contributed by atoms with Crippen LogP contribution in [0.2, 0.25) is 5.28 Å². The summed E-state index contributed by atoms with van der Waals surface area (Å²) in [6.45, 7) is 8.07. The summed E-state index contributed by atoms with van der Waals surface area (Å²) >= 11 is 5.71. The van der Waals surface area contributed by atoms with Crippen molar-refractivity contribution in [1.82, 2.24) is 9.97 Å². The molecule has 1 rings (SSSR count). The molecular formula is C10H15ClN2O. The minimum absolute atomic E-state index is 0.125. The minimum atomic E-state index is 0.125. The maximum absolute atomic E-state index is 5.71. The average Bonchev–Trinajstić information content (AvgIpc) is 2.01. The van der Waals surface area contributed by atoms with Gasteiger partial charge in [-0.25, -0.2) is 4.98 Å². The summed E-state index contributed by atoms with van der Waals surface area (Å²) in [6, 6.07) is 1.78. The molecule has 4 heteroatoms. The van der Waals surface area contributed by atoms with Crippen LogP contribution in [0, 0.1) is 12.8 Å². The van der Waals surface area contributed by atoms with E-state index in [4.69, 9.17) is 16.3 Å². The topological polar surface area (TPSA) is 35.0 Å². The number of aryl methyl sites for hydroxylation is 1. The maximum atomic E-state index is 5.71. The fraction of sp³-hybridized carbons (Fsp3) is 0.600. The third-order valence-electron chi connectivity index (χ3n) is 2.05. The third kappa shape index (κ3) is 3.14. The second-order valence-corrected chi connectivity index (χ2v) is 4.02. The molecule has 0 bridgehead atoms. The number of hydrogen-bond acceptors (Lipinski definition) is 3. The lowest BCUT2D eigenvalue weighted by molar-refractivity contribution is 0.163. The molecule has 14 heavy (non-hydrogen) atoms. The van der Waals surface area contributed by atoms with Crippen LogP contribution in [0.3, 0.4) is 0 Å². The summed E-state index contributed by atoms with van der Waals surface area (Å²) in [6.07, 6.45) is 0.125. The van der Waals surface area contributed by atoms with Crippen LogP contribution in [-0.4, -0.2) is 16.1 Å². The van der Waals surface area contributed by atoms with E-state index in [0.717, 1.165) is 5.69 Å². The van der Waals surface area contributed by atoms with Crippen molar-refractivity contribution in [1.29, 1.82) is 0 Å². The number of aromatic nitrogens is 2. The average molecular weight is 215 g/mol. The lowest BCUT2D eigenvalue weighted by Gasteiger charge is -2.17. The van der Waals surface area contributed by atoms with Crippen molar-refractivity contribution in [3.8, 4) is 5.88 Å². The van der Waals surface area contributed by atoms with Crippen LogP contribution in [0.1, 0.15) is 26.5 Å². The van der Waals surface area contributed by atoms with Gasteiger partial charge in [0.1, 0.15) is 0 Å². The molecule has 0 saturated heterocycles. The third-order valence-corrected chi connectivity index (χ3v) is 2.22. The van der Waals surface area contributed by atoms with Crippen LogP contribution >= 0.6 is 11.6 Å². The number of halogens is 1. The largest absolute Gasteiger partial charge is 0.474 e. The predicted molar refractivity (Wildman–Crippen MR) is 56.7 cm³/mol. The lowest BCUT2D eigenvalue weighted by atomic mass is 10.1. The smallest absolute Gasteiger partial charge is 0.225 e. The molecule has 0 aromatic carbocycles. The molecule has 0 saturated carbocycles. The van der Waals surface area contributed by atoms with Crippen LogP contribution in [-0.2, 0) is 0 Å². The molecule has 1 aromatic rings. The first kappa shape index (κ1) is 11.2. The van der Waals surface area contributed by atoms with Crippen LogP contribution in [0.4, 0.5) is 0 Å². The second kappa shape index (κ2) is 4.60. The molecule has 0 N–H and O–H groups in total. The molecule has 78 valence electrons. The van der Waals surface area contributed by atoms with E-state index in [1.807, 2.05) is 13.8 Å². The van der Waals surface area contributed by atoms with Gasteiger partial charge in [-0.05, 0) is 31.4 Å². The van der Waals surface area contributed by atoms with Gasteiger partial charge in [-0.2, -0.15) is 4.98 Å². The van der Waals surface area contributed by atoms with Gasteiger partial charge in [0.2, 0.25) is 11.2 Å². The summed E-state index contributed by atoms with van der Waals surface area (Å²) in [4.78, 5) is 7.95. The number of nitrogens with zero attached hydrogens (tertiary/aromatic N) is 2. The molecule has 0 spiro atoms. The summed E-state index contributed by atoms with van der Waals surface area (Å²) in [5.41, 5.74) is 0.816. The van der Waals surface area contributed by atoms with E-state index in [1.165, 1.54) is 0 Å². The van der Waals surface area contributed by atoms with E-state index in [0.29, 0.717) is 11.8 Å². The Hall–Kier alpha value is -0.830. The highest BCUT2D eigenvalue weighted by molar-refractivity contribution is 6.28. The zero-order valence-electron chi connectivity index (χ0n) is 8.91. The zero-order chi connectivity index (χ0) is 10.7. The van der Waals surface area contributed by atoms with Crippen molar-refractivity contribution in [2.24, 2.45) is 5.92 Å². The van der Waals surface area contributed by atoms with Gasteiger partial charge in [-0.15, -0.1) is 0 Å². The van der Waals surface area contributed by atoms with Gasteiger partial charge in [0.05, 0.1) is 6.10 Å². The monoisotopic (exact) mass is 214 g/mol. The van der Waals surface area contributed by atoms with Crippen molar-refractivity contribution in [3.05, 3.63) is 17.0 Å². The molecule has 0 aliphatic carbocycles. The highest BCUT2D eigenvalue weighted by Crippen LogP contribution is 2.16. The highest BCUT2D eigenvalue weighted by Gasteiger charge is 2.10. The van der Waals surface area contributed by atoms with E-state index in [1.54, 1.807) is 6.07 Å². The molecular weight excluding hydrogens is 200 g/mol. The van der Waals surface area contributed by atoms with Gasteiger partial charge in [0, 0.05) is 11.8 Å². The molecule has 0 radical (unpaired) electrons. The number of rotatable bonds is 3. The van der Waals surface area contributed by atoms with E-state index < -0.39 is 0 Å². The summed E-state index contributed by atoms with van der Waals surface area (Å²) in [7, 11) is 0. The van der Waals surface area contributed by atoms with Crippen molar-refractivity contribution in [2.75, 3.05) is 0 Å². The van der Waals surface area contributed by atoms with Gasteiger partial charge < -0.3 is 4.74 Å². The summed E-state index contributed by atoms with van der Waals surface area (Å²) < 4.78 is 5.60. The van der Waals surface area contributed by atoms with Gasteiger partial charge in [-0.1, -0.05) is 13.8 Å². The van der Waals surface area contributed by atoms with Crippen molar-refractivity contribution in [3.63, 3.8) is 0 Å². The van der Waals surface area contributed by atoms with Crippen molar-refractivity contribution >= 4 is 11.6 Å². The Morgan fingerprint density at radius 2 is 1.93 bits per heavy atom. The predicted octanol–water partition coefficient (Wildman–Crippen LogP) is 2.86. The molecule has 0 amide bonds. The van der Waals surface area contributed by atoms with Gasteiger partial charge >= 0.3 is 0 Å². The van der Waals surface area contributed by atoms with E-state index in [9.17, 15) is 0 Å². The first-order chi connectivity index (χ1) is 6.49. The summed E-state index contributed by atoms with van der Waals surface area (Å²) in [5, 5.41) is 0.232. The standard InChI is InChI=1S/C10H15ClN2O/c1-6(2)8(4)14-9-5-7(3)12-10(11)13-9/h5-6,8H,1-4H3. The van der Waals surface area contributed by atoms with E-state index in [-0.39, 0.29) is 11.4 Å². The Morgan fingerprint density at radius 1 is 1.29 bits per heavy atom. The van der Waals surface area contributed by atoms with Gasteiger partial charge in [0.15, 0.2) is 0 Å².